The second-order valence-corrected chi connectivity index (χ2v) is 5.83. The van der Waals surface area contributed by atoms with Crippen LogP contribution in [0.2, 0.25) is 0 Å². The second-order valence-electron chi connectivity index (χ2n) is 5.83. The van der Waals surface area contributed by atoms with Crippen LogP contribution in [0.1, 0.15) is 18.4 Å². The van der Waals surface area contributed by atoms with E-state index in [1.54, 1.807) is 0 Å². The van der Waals surface area contributed by atoms with Gasteiger partial charge in [0.2, 0.25) is 0 Å². The smallest absolute Gasteiger partial charge is 0.0234 e. The molecule has 1 heterocycles. The first kappa shape index (κ1) is 13.1. The van der Waals surface area contributed by atoms with Gasteiger partial charge >= 0.3 is 0 Å². The quantitative estimate of drug-likeness (QED) is 0.836. The van der Waals surface area contributed by atoms with Crippen LogP contribution < -0.4 is 5.32 Å². The van der Waals surface area contributed by atoms with E-state index in [1.165, 1.54) is 57.7 Å². The first-order chi connectivity index (χ1) is 9.40. The van der Waals surface area contributed by atoms with Gasteiger partial charge in [-0.3, -0.25) is 9.80 Å². The van der Waals surface area contributed by atoms with Gasteiger partial charge in [0.25, 0.3) is 0 Å². The lowest BCUT2D eigenvalue weighted by Gasteiger charge is -2.34. The lowest BCUT2D eigenvalue weighted by molar-refractivity contribution is 0.127. The van der Waals surface area contributed by atoms with Gasteiger partial charge < -0.3 is 5.32 Å². The predicted molar refractivity (Wildman–Crippen MR) is 79.2 cm³/mol. The number of benzene rings is 1. The maximum atomic E-state index is 3.60. The van der Waals surface area contributed by atoms with Gasteiger partial charge in [0.15, 0.2) is 0 Å². The van der Waals surface area contributed by atoms with Crippen LogP contribution in [0, 0.1) is 0 Å². The number of nitrogens with one attached hydrogen (secondary N) is 1. The molecule has 0 unspecified atom stereocenters. The molecule has 2 fully saturated rings. The van der Waals surface area contributed by atoms with Crippen molar-refractivity contribution in [3.8, 4) is 0 Å². The zero-order valence-corrected chi connectivity index (χ0v) is 11.7. The minimum atomic E-state index is 0.847. The highest BCUT2D eigenvalue weighted by molar-refractivity contribution is 5.14. The summed E-state index contributed by atoms with van der Waals surface area (Å²) in [5, 5.41) is 3.60. The van der Waals surface area contributed by atoms with Crippen molar-refractivity contribution in [2.45, 2.75) is 25.4 Å². The molecule has 3 heteroatoms. The molecule has 0 atom stereocenters. The molecular weight excluding hydrogens is 234 g/mol. The third kappa shape index (κ3) is 4.30. The van der Waals surface area contributed by atoms with E-state index in [0.29, 0.717) is 0 Å². The molecule has 3 nitrogen and oxygen atoms in total. The Bertz CT molecular complexity index is 367. The molecule has 19 heavy (non-hydrogen) atoms. The topological polar surface area (TPSA) is 18.5 Å². The van der Waals surface area contributed by atoms with Crippen molar-refractivity contribution in [3.63, 3.8) is 0 Å². The third-order valence-electron chi connectivity index (χ3n) is 4.15. The average molecular weight is 259 g/mol. The van der Waals surface area contributed by atoms with Gasteiger partial charge in [0, 0.05) is 51.9 Å². The van der Waals surface area contributed by atoms with Crippen molar-refractivity contribution in [2.24, 2.45) is 0 Å². The fourth-order valence-corrected chi connectivity index (χ4v) is 2.73. The minimum Gasteiger partial charge on any atom is -0.313 e. The average Bonchev–Trinajstić information content (AvgIpc) is 3.26. The van der Waals surface area contributed by atoms with Gasteiger partial charge in [-0.2, -0.15) is 0 Å². The molecule has 1 aliphatic carbocycles. The van der Waals surface area contributed by atoms with Crippen LogP contribution in [0.5, 0.6) is 0 Å². The fourth-order valence-electron chi connectivity index (χ4n) is 2.73. The standard InChI is InChI=1S/C16H25N3/c1-2-4-15(5-3-1)14-19-12-10-18(11-13-19)9-8-17-16-6-7-16/h1-5,16-17H,6-14H2. The molecule has 104 valence electrons. The second kappa shape index (κ2) is 6.51. The number of hydrogen-bond acceptors (Lipinski definition) is 3. The van der Waals surface area contributed by atoms with Crippen LogP contribution in [0.15, 0.2) is 30.3 Å². The summed E-state index contributed by atoms with van der Waals surface area (Å²) < 4.78 is 0. The molecular formula is C16H25N3. The molecule has 3 rings (SSSR count). The maximum absolute atomic E-state index is 3.60. The van der Waals surface area contributed by atoms with Crippen LogP contribution >= 0.6 is 0 Å². The minimum absolute atomic E-state index is 0.847. The van der Waals surface area contributed by atoms with E-state index >= 15 is 0 Å². The molecule has 0 amide bonds. The Morgan fingerprint density at radius 1 is 0.947 bits per heavy atom. The van der Waals surface area contributed by atoms with Crippen molar-refractivity contribution < 1.29 is 0 Å². The summed E-state index contributed by atoms with van der Waals surface area (Å²) in [4.78, 5) is 5.16. The molecule has 1 aliphatic heterocycles. The van der Waals surface area contributed by atoms with Crippen molar-refractivity contribution in [2.75, 3.05) is 39.3 Å². The van der Waals surface area contributed by atoms with Crippen molar-refractivity contribution in [1.29, 1.82) is 0 Å². The predicted octanol–water partition coefficient (Wildman–Crippen LogP) is 1.56. The van der Waals surface area contributed by atoms with Crippen LogP contribution in [0.4, 0.5) is 0 Å². The van der Waals surface area contributed by atoms with Gasteiger partial charge in [0.05, 0.1) is 0 Å². The highest BCUT2D eigenvalue weighted by Crippen LogP contribution is 2.18. The van der Waals surface area contributed by atoms with Gasteiger partial charge in [-0.05, 0) is 18.4 Å². The fraction of sp³-hybridized carbons (Fsp3) is 0.625. The Balaban J connectivity index is 1.34. The molecule has 0 aromatic heterocycles. The molecule has 1 N–H and O–H groups in total. The van der Waals surface area contributed by atoms with E-state index in [9.17, 15) is 0 Å². The number of nitrogens with zero attached hydrogens (tertiary/aromatic N) is 2. The largest absolute Gasteiger partial charge is 0.313 e. The van der Waals surface area contributed by atoms with Crippen molar-refractivity contribution in [1.82, 2.24) is 15.1 Å². The van der Waals surface area contributed by atoms with E-state index in [2.05, 4.69) is 45.4 Å². The molecule has 1 saturated heterocycles. The summed E-state index contributed by atoms with van der Waals surface area (Å²) >= 11 is 0. The third-order valence-corrected chi connectivity index (χ3v) is 4.15. The molecule has 1 aromatic carbocycles. The molecule has 0 bridgehead atoms. The van der Waals surface area contributed by atoms with E-state index in [4.69, 9.17) is 0 Å². The normalized spacial score (nSPS) is 21.7. The summed E-state index contributed by atoms with van der Waals surface area (Å²) in [6.07, 6.45) is 2.79. The SMILES string of the molecule is c1ccc(CN2CCN(CCNC3CC3)CC2)cc1. The summed E-state index contributed by atoms with van der Waals surface area (Å²) in [5.74, 6) is 0. The molecule has 1 aromatic rings. The van der Waals surface area contributed by atoms with Crippen LogP contribution in [0.3, 0.4) is 0 Å². The van der Waals surface area contributed by atoms with Gasteiger partial charge in [-0.15, -0.1) is 0 Å². The summed E-state index contributed by atoms with van der Waals surface area (Å²) in [6.45, 7) is 8.35. The highest BCUT2D eigenvalue weighted by Gasteiger charge is 2.21. The first-order valence-electron chi connectivity index (χ1n) is 7.62. The maximum Gasteiger partial charge on any atom is 0.0234 e. The molecule has 2 aliphatic rings. The van der Waals surface area contributed by atoms with E-state index in [0.717, 1.165) is 12.6 Å². The zero-order chi connectivity index (χ0) is 12.9. The monoisotopic (exact) mass is 259 g/mol. The van der Waals surface area contributed by atoms with E-state index < -0.39 is 0 Å². The van der Waals surface area contributed by atoms with Gasteiger partial charge in [-0.1, -0.05) is 30.3 Å². The number of rotatable bonds is 6. The summed E-state index contributed by atoms with van der Waals surface area (Å²) in [7, 11) is 0. The van der Waals surface area contributed by atoms with Crippen molar-refractivity contribution >= 4 is 0 Å². The molecule has 1 saturated carbocycles. The summed E-state index contributed by atoms with van der Waals surface area (Å²) in [5.41, 5.74) is 1.44. The zero-order valence-electron chi connectivity index (χ0n) is 11.7. The van der Waals surface area contributed by atoms with Gasteiger partial charge in [0.1, 0.15) is 0 Å². The van der Waals surface area contributed by atoms with E-state index in [-0.39, 0.29) is 0 Å². The Morgan fingerprint density at radius 3 is 2.32 bits per heavy atom. The summed E-state index contributed by atoms with van der Waals surface area (Å²) in [6, 6.07) is 11.7. The van der Waals surface area contributed by atoms with Gasteiger partial charge in [-0.25, -0.2) is 0 Å². The number of hydrogen-bond donors (Lipinski definition) is 1. The lowest BCUT2D eigenvalue weighted by Crippen LogP contribution is -2.47. The van der Waals surface area contributed by atoms with E-state index in [1.807, 2.05) is 0 Å². The highest BCUT2D eigenvalue weighted by atomic mass is 15.3. The Hall–Kier alpha value is -0.900. The Kier molecular flexibility index (Phi) is 4.49. The van der Waals surface area contributed by atoms with Crippen LogP contribution in [-0.2, 0) is 6.54 Å². The molecule has 0 radical (unpaired) electrons. The van der Waals surface area contributed by atoms with Crippen molar-refractivity contribution in [3.05, 3.63) is 35.9 Å². The van der Waals surface area contributed by atoms with Crippen LogP contribution in [0.25, 0.3) is 0 Å². The van der Waals surface area contributed by atoms with Crippen LogP contribution in [-0.4, -0.2) is 55.1 Å². The molecule has 0 spiro atoms. The Morgan fingerprint density at radius 2 is 1.63 bits per heavy atom. The lowest BCUT2D eigenvalue weighted by atomic mass is 10.2. The number of piperazine rings is 1. The Labute approximate surface area is 116 Å². The first-order valence-corrected chi connectivity index (χ1v) is 7.62.